The lowest BCUT2D eigenvalue weighted by Gasteiger charge is -2.35. The fourth-order valence-electron chi connectivity index (χ4n) is 3.16. The van der Waals surface area contributed by atoms with Crippen molar-refractivity contribution >= 4 is 15.9 Å². The summed E-state index contributed by atoms with van der Waals surface area (Å²) >= 11 is 3.88. The average Bonchev–Trinajstić information content (AvgIpc) is 2.80. The maximum Gasteiger partial charge on any atom is 0.138 e. The molecular weight excluding hydrogens is 302 g/mol. The fourth-order valence-corrected chi connectivity index (χ4v) is 3.83. The molecule has 108 valence electrons. The molecule has 0 aliphatic heterocycles. The zero-order chi connectivity index (χ0) is 13.8. The van der Waals surface area contributed by atoms with Gasteiger partial charge < -0.3 is 0 Å². The van der Waals surface area contributed by atoms with Gasteiger partial charge in [0, 0.05) is 17.8 Å². The molecule has 0 radical (unpaired) electrons. The van der Waals surface area contributed by atoms with Gasteiger partial charge in [-0.2, -0.15) is 5.10 Å². The van der Waals surface area contributed by atoms with Gasteiger partial charge >= 0.3 is 0 Å². The highest BCUT2D eigenvalue weighted by Gasteiger charge is 2.31. The highest BCUT2D eigenvalue weighted by Crippen LogP contribution is 2.38. The Hall–Kier alpha value is -0.380. The van der Waals surface area contributed by atoms with E-state index in [4.69, 9.17) is 0 Å². The Morgan fingerprint density at radius 1 is 1.42 bits per heavy atom. The van der Waals surface area contributed by atoms with E-state index >= 15 is 0 Å². The smallest absolute Gasteiger partial charge is 0.138 e. The highest BCUT2D eigenvalue weighted by molar-refractivity contribution is 9.09. The second-order valence-electron chi connectivity index (χ2n) is 6.20. The summed E-state index contributed by atoms with van der Waals surface area (Å²) in [5, 5.41) is 4.34. The zero-order valence-corrected chi connectivity index (χ0v) is 13.9. The van der Waals surface area contributed by atoms with Gasteiger partial charge in [0.2, 0.25) is 0 Å². The van der Waals surface area contributed by atoms with E-state index in [1.807, 2.05) is 0 Å². The molecule has 0 spiro atoms. The minimum absolute atomic E-state index is 0.647. The number of aryl methyl sites for hydroxylation is 1. The van der Waals surface area contributed by atoms with Gasteiger partial charge in [-0.15, -0.1) is 0 Å². The molecule has 1 saturated carbocycles. The van der Waals surface area contributed by atoms with E-state index in [9.17, 15) is 0 Å². The lowest BCUT2D eigenvalue weighted by molar-refractivity contribution is 0.219. The molecule has 0 saturated heterocycles. The Balaban J connectivity index is 2.01. The predicted molar refractivity (Wildman–Crippen MR) is 82.4 cm³/mol. The third kappa shape index (κ3) is 3.80. The van der Waals surface area contributed by atoms with Crippen LogP contribution in [0.3, 0.4) is 0 Å². The lowest BCUT2D eigenvalue weighted by Crippen LogP contribution is -2.30. The average molecular weight is 328 g/mol. The van der Waals surface area contributed by atoms with Crippen LogP contribution in [0.1, 0.15) is 52.3 Å². The van der Waals surface area contributed by atoms with Crippen molar-refractivity contribution < 1.29 is 0 Å². The van der Waals surface area contributed by atoms with Crippen molar-refractivity contribution in [2.75, 3.05) is 0 Å². The van der Waals surface area contributed by atoms with Crippen LogP contribution in [0.2, 0.25) is 0 Å². The number of nitrogens with zero attached hydrogens (tertiary/aromatic N) is 3. The molecule has 3 nitrogen and oxygen atoms in total. The maximum absolute atomic E-state index is 4.46. The summed E-state index contributed by atoms with van der Waals surface area (Å²) in [6.07, 6.45) is 7.89. The normalized spacial score (nSPS) is 27.9. The minimum Gasteiger partial charge on any atom is -0.250 e. The van der Waals surface area contributed by atoms with Crippen LogP contribution in [-0.2, 0) is 13.0 Å². The minimum atomic E-state index is 0.647. The Morgan fingerprint density at radius 3 is 2.89 bits per heavy atom. The number of hydrogen-bond donors (Lipinski definition) is 0. The van der Waals surface area contributed by atoms with Crippen molar-refractivity contribution in [2.45, 2.75) is 64.2 Å². The molecule has 0 aromatic carbocycles. The molecule has 3 atom stereocenters. The van der Waals surface area contributed by atoms with Crippen molar-refractivity contribution in [1.82, 2.24) is 14.8 Å². The molecule has 0 bridgehead atoms. The van der Waals surface area contributed by atoms with Crippen LogP contribution >= 0.6 is 15.9 Å². The van der Waals surface area contributed by atoms with Gasteiger partial charge in [-0.1, -0.05) is 36.7 Å². The van der Waals surface area contributed by atoms with Crippen LogP contribution in [0.5, 0.6) is 0 Å². The van der Waals surface area contributed by atoms with Gasteiger partial charge in [0.25, 0.3) is 0 Å². The van der Waals surface area contributed by atoms with E-state index in [0.29, 0.717) is 10.7 Å². The van der Waals surface area contributed by atoms with Crippen LogP contribution in [-0.4, -0.2) is 19.6 Å². The van der Waals surface area contributed by atoms with Crippen molar-refractivity contribution in [1.29, 1.82) is 0 Å². The van der Waals surface area contributed by atoms with E-state index < -0.39 is 0 Å². The van der Waals surface area contributed by atoms with E-state index in [-0.39, 0.29) is 0 Å². The van der Waals surface area contributed by atoms with Crippen LogP contribution in [0.15, 0.2) is 6.33 Å². The van der Waals surface area contributed by atoms with Gasteiger partial charge in [-0.3, -0.25) is 4.68 Å². The molecule has 2 rings (SSSR count). The predicted octanol–water partition coefficient (Wildman–Crippen LogP) is 4.07. The number of hydrogen-bond acceptors (Lipinski definition) is 2. The number of aromatic nitrogens is 3. The largest absolute Gasteiger partial charge is 0.250 e. The van der Waals surface area contributed by atoms with E-state index in [0.717, 1.165) is 31.2 Å². The Bertz CT molecular complexity index is 388. The Morgan fingerprint density at radius 2 is 2.21 bits per heavy atom. The van der Waals surface area contributed by atoms with Crippen molar-refractivity contribution in [3.63, 3.8) is 0 Å². The first-order valence-electron chi connectivity index (χ1n) is 7.62. The van der Waals surface area contributed by atoms with Gasteiger partial charge in [-0.25, -0.2) is 4.98 Å². The fraction of sp³-hybridized carbons (Fsp3) is 0.867. The highest BCUT2D eigenvalue weighted by atomic mass is 79.9. The summed E-state index contributed by atoms with van der Waals surface area (Å²) in [5.74, 6) is 3.55. The number of alkyl halides is 1. The third-order valence-corrected chi connectivity index (χ3v) is 5.65. The first-order valence-corrected chi connectivity index (χ1v) is 8.54. The molecule has 1 aliphatic carbocycles. The Labute approximate surface area is 125 Å². The van der Waals surface area contributed by atoms with Crippen molar-refractivity contribution in [2.24, 2.45) is 17.8 Å². The van der Waals surface area contributed by atoms with E-state index in [2.05, 4.69) is 51.5 Å². The maximum atomic E-state index is 4.46. The summed E-state index contributed by atoms with van der Waals surface area (Å²) < 4.78 is 2.08. The quantitative estimate of drug-likeness (QED) is 0.763. The summed E-state index contributed by atoms with van der Waals surface area (Å²) in [5.41, 5.74) is 0. The molecule has 3 unspecified atom stereocenters. The summed E-state index contributed by atoms with van der Waals surface area (Å²) in [6.45, 7) is 7.89. The molecule has 0 N–H and O–H groups in total. The van der Waals surface area contributed by atoms with Crippen LogP contribution in [0.25, 0.3) is 0 Å². The first kappa shape index (κ1) is 15.0. The van der Waals surface area contributed by atoms with Crippen LogP contribution in [0, 0.1) is 17.8 Å². The van der Waals surface area contributed by atoms with Gasteiger partial charge in [0.15, 0.2) is 0 Å². The monoisotopic (exact) mass is 327 g/mol. The zero-order valence-electron chi connectivity index (χ0n) is 12.3. The second-order valence-corrected chi connectivity index (χ2v) is 7.37. The summed E-state index contributed by atoms with van der Waals surface area (Å²) in [6, 6.07) is 0. The SMILES string of the molecule is CCCn1ncnc1CC1CC(C(C)C)CCC1Br. The molecule has 1 heterocycles. The van der Waals surface area contributed by atoms with E-state index in [1.165, 1.54) is 25.1 Å². The van der Waals surface area contributed by atoms with Gasteiger partial charge in [-0.05, 0) is 43.4 Å². The second kappa shape index (κ2) is 6.87. The molecule has 1 aliphatic rings. The lowest BCUT2D eigenvalue weighted by atomic mass is 9.75. The molecule has 0 amide bonds. The first-order chi connectivity index (χ1) is 9.11. The molecule has 1 aromatic heterocycles. The van der Waals surface area contributed by atoms with Crippen molar-refractivity contribution in [3.05, 3.63) is 12.2 Å². The summed E-state index contributed by atoms with van der Waals surface area (Å²) in [7, 11) is 0. The Kier molecular flexibility index (Phi) is 5.43. The standard InChI is InChI=1S/C15H26BrN3/c1-4-7-19-15(17-10-18-19)9-13-8-12(11(2)3)5-6-14(13)16/h10-14H,4-9H2,1-3H3. The molecule has 1 fully saturated rings. The molecule has 4 heteroatoms. The van der Waals surface area contributed by atoms with Gasteiger partial charge in [0.05, 0.1) is 0 Å². The summed E-state index contributed by atoms with van der Waals surface area (Å²) in [4.78, 5) is 5.11. The molecule has 19 heavy (non-hydrogen) atoms. The van der Waals surface area contributed by atoms with Gasteiger partial charge in [0.1, 0.15) is 12.2 Å². The van der Waals surface area contributed by atoms with E-state index in [1.54, 1.807) is 6.33 Å². The molecule has 1 aromatic rings. The van der Waals surface area contributed by atoms with Crippen molar-refractivity contribution in [3.8, 4) is 0 Å². The molecular formula is C15H26BrN3. The number of halogens is 1. The number of rotatable bonds is 5. The van der Waals surface area contributed by atoms with Crippen LogP contribution < -0.4 is 0 Å². The topological polar surface area (TPSA) is 30.7 Å². The third-order valence-electron chi connectivity index (χ3n) is 4.45. The van der Waals surface area contributed by atoms with Crippen LogP contribution in [0.4, 0.5) is 0 Å².